The number of nitrogens with one attached hydrogen (secondary N) is 1. The summed E-state index contributed by atoms with van der Waals surface area (Å²) in [5.74, 6) is 1.38. The lowest BCUT2D eigenvalue weighted by Crippen LogP contribution is -2.78. The fourth-order valence-electron chi connectivity index (χ4n) is 6.46. The van der Waals surface area contributed by atoms with Crippen LogP contribution in [-0.2, 0) is 16.1 Å². The number of unbranched alkanes of at least 4 members (excludes halogenated alkanes) is 1. The first-order chi connectivity index (χ1) is 17.8. The molecule has 3 aliphatic rings. The van der Waals surface area contributed by atoms with Crippen molar-refractivity contribution in [2.45, 2.75) is 89.3 Å². The predicted molar refractivity (Wildman–Crippen MR) is 147 cm³/mol. The van der Waals surface area contributed by atoms with Crippen LogP contribution in [0.5, 0.6) is 5.75 Å². The van der Waals surface area contributed by atoms with E-state index in [0.717, 1.165) is 70.5 Å². The van der Waals surface area contributed by atoms with Crippen molar-refractivity contribution in [2.75, 3.05) is 46.9 Å². The molecule has 0 bridgehead atoms. The molecule has 1 N–H and O–H groups in total. The van der Waals surface area contributed by atoms with Gasteiger partial charge >= 0.3 is 0 Å². The number of hydrogen-bond donors (Lipinski definition) is 1. The average Bonchev–Trinajstić information content (AvgIpc) is 2.90. The van der Waals surface area contributed by atoms with Crippen LogP contribution >= 0.6 is 0 Å². The SMILES string of the molecule is CCCCN1C(=O)C(C)(C2CCCCC2)NC(=O)C12CCN(Cc1ccc(OCCN(C)C)cc1)CC2. The van der Waals surface area contributed by atoms with Crippen LogP contribution in [-0.4, -0.2) is 84.5 Å². The van der Waals surface area contributed by atoms with E-state index in [-0.39, 0.29) is 17.7 Å². The first-order valence-electron chi connectivity index (χ1n) is 14.5. The van der Waals surface area contributed by atoms with Crippen molar-refractivity contribution in [1.29, 1.82) is 0 Å². The molecule has 1 aromatic carbocycles. The number of nitrogens with zero attached hydrogens (tertiary/aromatic N) is 3. The molecule has 4 rings (SSSR count). The van der Waals surface area contributed by atoms with Gasteiger partial charge in [0.05, 0.1) is 0 Å². The van der Waals surface area contributed by atoms with Gasteiger partial charge in [-0.2, -0.15) is 0 Å². The van der Waals surface area contributed by atoms with E-state index in [1.165, 1.54) is 12.0 Å². The number of piperazine rings is 1. The molecule has 206 valence electrons. The number of likely N-dealkylation sites (tertiary alicyclic amines) is 1. The molecule has 7 heteroatoms. The third-order valence-corrected chi connectivity index (χ3v) is 8.98. The van der Waals surface area contributed by atoms with Gasteiger partial charge in [-0.15, -0.1) is 0 Å². The highest BCUT2D eigenvalue weighted by Gasteiger charge is 2.59. The molecule has 1 aliphatic carbocycles. The lowest BCUT2D eigenvalue weighted by atomic mass is 9.70. The lowest BCUT2D eigenvalue weighted by molar-refractivity contribution is -0.169. The Morgan fingerprint density at radius 1 is 1.05 bits per heavy atom. The Hall–Kier alpha value is -2.12. The van der Waals surface area contributed by atoms with E-state index in [1.807, 2.05) is 38.1 Å². The predicted octanol–water partition coefficient (Wildman–Crippen LogP) is 4.06. The normalized spacial score (nSPS) is 25.1. The number of ether oxygens (including phenoxy) is 1. The van der Waals surface area contributed by atoms with Gasteiger partial charge in [0, 0.05) is 32.7 Å². The summed E-state index contributed by atoms with van der Waals surface area (Å²) in [4.78, 5) is 34.4. The summed E-state index contributed by atoms with van der Waals surface area (Å²) >= 11 is 0. The average molecular weight is 513 g/mol. The summed E-state index contributed by atoms with van der Waals surface area (Å²) in [6.45, 7) is 8.87. The van der Waals surface area contributed by atoms with Crippen molar-refractivity contribution in [3.8, 4) is 5.75 Å². The van der Waals surface area contributed by atoms with Crippen molar-refractivity contribution in [2.24, 2.45) is 5.92 Å². The van der Waals surface area contributed by atoms with Gasteiger partial charge in [-0.3, -0.25) is 14.5 Å². The molecule has 2 saturated heterocycles. The molecule has 2 aliphatic heterocycles. The molecular formula is C30H48N4O3. The molecule has 1 aromatic rings. The molecule has 1 unspecified atom stereocenters. The van der Waals surface area contributed by atoms with E-state index in [0.29, 0.717) is 26.0 Å². The standard InChI is InChI=1S/C30H48N4O3/c1-5-6-18-34-28(36)29(2,25-10-8-7-9-11-25)31-27(35)30(34)16-19-33(20-17-30)23-24-12-14-26(15-13-24)37-22-21-32(3)4/h12-15,25H,5-11,16-23H2,1-4H3,(H,31,35). The lowest BCUT2D eigenvalue weighted by Gasteiger charge is -2.56. The van der Waals surface area contributed by atoms with E-state index in [1.54, 1.807) is 0 Å². The first kappa shape index (κ1) is 27.9. The van der Waals surface area contributed by atoms with E-state index < -0.39 is 11.1 Å². The van der Waals surface area contributed by atoms with Crippen molar-refractivity contribution in [1.82, 2.24) is 20.0 Å². The molecule has 3 fully saturated rings. The summed E-state index contributed by atoms with van der Waals surface area (Å²) < 4.78 is 5.83. The summed E-state index contributed by atoms with van der Waals surface area (Å²) in [5, 5.41) is 3.31. The van der Waals surface area contributed by atoms with Crippen molar-refractivity contribution < 1.29 is 14.3 Å². The van der Waals surface area contributed by atoms with Gasteiger partial charge < -0.3 is 19.9 Å². The highest BCUT2D eigenvalue weighted by Crippen LogP contribution is 2.41. The molecule has 1 saturated carbocycles. The molecule has 2 amide bonds. The minimum Gasteiger partial charge on any atom is -0.492 e. The van der Waals surface area contributed by atoms with Crippen LogP contribution in [0.2, 0.25) is 0 Å². The van der Waals surface area contributed by atoms with Gasteiger partial charge in [0.1, 0.15) is 23.4 Å². The Balaban J connectivity index is 1.40. The van der Waals surface area contributed by atoms with E-state index in [4.69, 9.17) is 4.74 Å². The molecule has 0 aromatic heterocycles. The second-order valence-corrected chi connectivity index (χ2v) is 11.9. The Morgan fingerprint density at radius 2 is 1.73 bits per heavy atom. The second-order valence-electron chi connectivity index (χ2n) is 11.9. The van der Waals surface area contributed by atoms with Crippen molar-refractivity contribution in [3.63, 3.8) is 0 Å². The van der Waals surface area contributed by atoms with Gasteiger partial charge in [0.15, 0.2) is 0 Å². The van der Waals surface area contributed by atoms with Crippen molar-refractivity contribution in [3.05, 3.63) is 29.8 Å². The Labute approximate surface area is 223 Å². The van der Waals surface area contributed by atoms with E-state index >= 15 is 0 Å². The molecule has 1 atom stereocenters. The monoisotopic (exact) mass is 512 g/mol. The number of amides is 2. The van der Waals surface area contributed by atoms with Gasteiger partial charge in [0.25, 0.3) is 0 Å². The van der Waals surface area contributed by atoms with Crippen LogP contribution < -0.4 is 10.1 Å². The van der Waals surface area contributed by atoms with E-state index in [2.05, 4.69) is 34.2 Å². The first-order valence-corrected chi connectivity index (χ1v) is 14.5. The topological polar surface area (TPSA) is 65.1 Å². The highest BCUT2D eigenvalue weighted by molar-refractivity contribution is 6.02. The zero-order chi connectivity index (χ0) is 26.5. The minimum absolute atomic E-state index is 0.0788. The second kappa shape index (κ2) is 12.2. The number of hydrogen-bond acceptors (Lipinski definition) is 5. The molecule has 1 spiro atoms. The number of benzene rings is 1. The fourth-order valence-corrected chi connectivity index (χ4v) is 6.46. The minimum atomic E-state index is -0.760. The number of rotatable bonds is 10. The summed E-state index contributed by atoms with van der Waals surface area (Å²) in [6, 6.07) is 8.36. The van der Waals surface area contributed by atoms with Crippen LogP contribution in [0.1, 0.15) is 77.2 Å². The van der Waals surface area contributed by atoms with Crippen LogP contribution in [0.15, 0.2) is 24.3 Å². The maximum atomic E-state index is 14.1. The van der Waals surface area contributed by atoms with Crippen LogP contribution in [0, 0.1) is 5.92 Å². The third-order valence-electron chi connectivity index (χ3n) is 8.98. The Kier molecular flexibility index (Phi) is 9.17. The Bertz CT molecular complexity index is 904. The maximum Gasteiger partial charge on any atom is 0.249 e. The van der Waals surface area contributed by atoms with Crippen LogP contribution in [0.3, 0.4) is 0 Å². The number of carbonyl (C=O) groups excluding carboxylic acids is 2. The van der Waals surface area contributed by atoms with Gasteiger partial charge in [-0.1, -0.05) is 44.7 Å². The van der Waals surface area contributed by atoms with Gasteiger partial charge in [-0.05, 0) is 76.7 Å². The largest absolute Gasteiger partial charge is 0.492 e. The van der Waals surface area contributed by atoms with Gasteiger partial charge in [-0.25, -0.2) is 0 Å². The summed E-state index contributed by atoms with van der Waals surface area (Å²) in [7, 11) is 4.08. The van der Waals surface area contributed by atoms with Crippen LogP contribution in [0.25, 0.3) is 0 Å². The van der Waals surface area contributed by atoms with E-state index in [9.17, 15) is 9.59 Å². The smallest absolute Gasteiger partial charge is 0.249 e. The maximum absolute atomic E-state index is 14.1. The van der Waals surface area contributed by atoms with Crippen molar-refractivity contribution >= 4 is 11.8 Å². The molecule has 7 nitrogen and oxygen atoms in total. The number of likely N-dealkylation sites (N-methyl/N-ethyl adjacent to an activating group) is 1. The third kappa shape index (κ3) is 6.14. The molecular weight excluding hydrogens is 464 g/mol. The molecule has 0 radical (unpaired) electrons. The number of piperidine rings is 1. The van der Waals surface area contributed by atoms with Crippen LogP contribution in [0.4, 0.5) is 0 Å². The zero-order valence-corrected chi connectivity index (χ0v) is 23.6. The quantitative estimate of drug-likeness (QED) is 0.512. The van der Waals surface area contributed by atoms with Gasteiger partial charge in [0.2, 0.25) is 11.8 Å². The highest BCUT2D eigenvalue weighted by atomic mass is 16.5. The summed E-state index contributed by atoms with van der Waals surface area (Å²) in [6.07, 6.45) is 8.96. The molecule has 37 heavy (non-hydrogen) atoms. The Morgan fingerprint density at radius 3 is 2.35 bits per heavy atom. The fraction of sp³-hybridized carbons (Fsp3) is 0.733. The number of carbonyl (C=O) groups is 2. The molecule has 2 heterocycles. The summed E-state index contributed by atoms with van der Waals surface area (Å²) in [5.41, 5.74) is -0.224. The zero-order valence-electron chi connectivity index (χ0n) is 23.6.